The first-order valence-electron chi connectivity index (χ1n) is 38.8. The Bertz CT molecular complexity index is 1630. The molecule has 0 heterocycles. The fourth-order valence-electron chi connectivity index (χ4n) is 11.6. The average molecular weight is 1230 g/mol. The number of allylic oxidation sites excluding steroid dienone is 16. The van der Waals surface area contributed by atoms with Gasteiger partial charge in [-0.25, -0.2) is 0 Å². The van der Waals surface area contributed by atoms with E-state index >= 15 is 0 Å². The summed E-state index contributed by atoms with van der Waals surface area (Å²) < 4.78 is 10.8. The molecule has 0 fully saturated rings. The zero-order valence-corrected chi connectivity index (χ0v) is 58.7. The van der Waals surface area contributed by atoms with Gasteiger partial charge in [0.25, 0.3) is 0 Å². The number of aliphatic hydroxyl groups is 1. The molecule has 88 heavy (non-hydrogen) atoms. The van der Waals surface area contributed by atoms with Gasteiger partial charge in [0.15, 0.2) is 6.10 Å². The first-order chi connectivity index (χ1) is 43.6. The van der Waals surface area contributed by atoms with Crippen LogP contribution in [0.1, 0.15) is 399 Å². The standard InChI is InChI=1S/C83H148O5/c1-3-5-7-9-11-13-15-17-19-21-23-25-27-29-31-33-35-37-38-39-40-41-42-43-44-46-47-49-51-53-55-57-59-61-63-65-67-69-71-73-75-77-82(85)87-80-81(79-84)88-83(86)78-76-74-72-70-68-66-64-62-60-58-56-54-52-50-48-45-36-34-32-30-28-26-24-22-20-18-16-14-12-10-8-6-4-2/h6,8,12,14-15,17-18,20-21,23-24,26,30,32,36,45,81,84H,3-5,7,9-11,13,16,19,22,25,27-29,31,33-35,37-44,46-80H2,1-2H3/b8-6-,14-12-,17-15-,20-18-,23-21-,26-24-,32-30-,45-36-. The molecule has 0 aliphatic rings. The van der Waals surface area contributed by atoms with Crippen LogP contribution in [0.5, 0.6) is 0 Å². The van der Waals surface area contributed by atoms with Gasteiger partial charge >= 0.3 is 11.9 Å². The van der Waals surface area contributed by atoms with E-state index in [9.17, 15) is 14.7 Å². The van der Waals surface area contributed by atoms with Gasteiger partial charge < -0.3 is 14.6 Å². The van der Waals surface area contributed by atoms with Gasteiger partial charge in [0.05, 0.1) is 6.61 Å². The molecule has 510 valence electrons. The summed E-state index contributed by atoms with van der Waals surface area (Å²) in [4.78, 5) is 24.7. The minimum Gasteiger partial charge on any atom is -0.462 e. The molecule has 5 heteroatoms. The quantitative estimate of drug-likeness (QED) is 0.0373. The SMILES string of the molecule is CC/C=C\C/C=C\C/C=C\C/C=C\C/C=C\C/C=C\CCCCCCCCCCCCCCCCC(=O)OC(CO)COC(=O)CCCCCCCCCCCCCCCCCCCCCCCCCCCCCCC/C=C\C/C=C\CCCCCCC. The fraction of sp³-hybridized carbons (Fsp3) is 0.783. The van der Waals surface area contributed by atoms with Gasteiger partial charge in [-0.05, 0) is 96.3 Å². The summed E-state index contributed by atoms with van der Waals surface area (Å²) in [5.41, 5.74) is 0. The van der Waals surface area contributed by atoms with Crippen LogP contribution in [0, 0.1) is 0 Å². The molecule has 1 atom stereocenters. The van der Waals surface area contributed by atoms with Crippen LogP contribution >= 0.6 is 0 Å². The number of unbranched alkanes of at least 4 members (excludes halogenated alkanes) is 48. The maximum absolute atomic E-state index is 12.4. The first kappa shape index (κ1) is 84.8. The number of hydrogen-bond acceptors (Lipinski definition) is 5. The zero-order chi connectivity index (χ0) is 63.3. The molecule has 0 bridgehead atoms. The van der Waals surface area contributed by atoms with Gasteiger partial charge in [-0.3, -0.25) is 9.59 Å². The molecule has 0 amide bonds. The van der Waals surface area contributed by atoms with Crippen molar-refractivity contribution in [2.45, 2.75) is 405 Å². The molecule has 0 aromatic carbocycles. The Hall–Kier alpha value is -3.18. The van der Waals surface area contributed by atoms with E-state index in [0.717, 1.165) is 83.5 Å². The van der Waals surface area contributed by atoms with Crippen molar-refractivity contribution in [1.29, 1.82) is 0 Å². The van der Waals surface area contributed by atoms with Gasteiger partial charge in [-0.1, -0.05) is 387 Å². The van der Waals surface area contributed by atoms with E-state index in [4.69, 9.17) is 9.47 Å². The van der Waals surface area contributed by atoms with E-state index in [1.165, 1.54) is 289 Å². The average Bonchev–Trinajstić information content (AvgIpc) is 3.56. The molecule has 0 aliphatic heterocycles. The summed E-state index contributed by atoms with van der Waals surface area (Å²) in [5, 5.41) is 9.72. The number of carbonyl (C=O) groups is 2. The normalized spacial score (nSPS) is 12.7. The molecule has 0 spiro atoms. The highest BCUT2D eigenvalue weighted by Gasteiger charge is 2.16. The van der Waals surface area contributed by atoms with E-state index in [-0.39, 0.29) is 25.2 Å². The second-order valence-electron chi connectivity index (χ2n) is 26.1. The van der Waals surface area contributed by atoms with Gasteiger partial charge in [-0.2, -0.15) is 0 Å². The smallest absolute Gasteiger partial charge is 0.306 e. The Morgan fingerprint density at radius 2 is 0.489 bits per heavy atom. The van der Waals surface area contributed by atoms with Crippen LogP contribution in [0.3, 0.4) is 0 Å². The van der Waals surface area contributed by atoms with Crippen LogP contribution in [0.25, 0.3) is 0 Å². The van der Waals surface area contributed by atoms with E-state index < -0.39 is 6.10 Å². The van der Waals surface area contributed by atoms with Crippen LogP contribution in [0.2, 0.25) is 0 Å². The molecule has 1 unspecified atom stereocenters. The maximum Gasteiger partial charge on any atom is 0.306 e. The molecule has 0 rings (SSSR count). The minimum atomic E-state index is -0.776. The van der Waals surface area contributed by atoms with Crippen molar-refractivity contribution in [2.75, 3.05) is 13.2 Å². The second-order valence-corrected chi connectivity index (χ2v) is 26.1. The highest BCUT2D eigenvalue weighted by atomic mass is 16.6. The zero-order valence-electron chi connectivity index (χ0n) is 58.7. The number of esters is 2. The molecule has 1 N–H and O–H groups in total. The topological polar surface area (TPSA) is 72.8 Å². The van der Waals surface area contributed by atoms with Gasteiger partial charge in [-0.15, -0.1) is 0 Å². The Kier molecular flexibility index (Phi) is 75.2. The first-order valence-corrected chi connectivity index (χ1v) is 38.8. The number of aliphatic hydroxyl groups excluding tert-OH is 1. The molecular weight excluding hydrogens is 1080 g/mol. The highest BCUT2D eigenvalue weighted by molar-refractivity contribution is 5.70. The Morgan fingerprint density at radius 1 is 0.273 bits per heavy atom. The lowest BCUT2D eigenvalue weighted by atomic mass is 10.0. The predicted octanol–water partition coefficient (Wildman–Crippen LogP) is 27.3. The highest BCUT2D eigenvalue weighted by Crippen LogP contribution is 2.19. The summed E-state index contributed by atoms with van der Waals surface area (Å²) in [5.74, 6) is -0.575. The van der Waals surface area contributed by atoms with Crippen molar-refractivity contribution >= 4 is 11.9 Å². The predicted molar refractivity (Wildman–Crippen MR) is 389 cm³/mol. The molecule has 0 saturated carbocycles. The molecular formula is C83H148O5. The number of carbonyl (C=O) groups excluding carboxylic acids is 2. The summed E-state index contributed by atoms with van der Waals surface area (Å²) in [6.45, 7) is 4.06. The Balaban J connectivity index is 3.40. The van der Waals surface area contributed by atoms with E-state index in [2.05, 4.69) is 111 Å². The third-order valence-electron chi connectivity index (χ3n) is 17.4. The Labute approximate surface area is 548 Å². The van der Waals surface area contributed by atoms with Crippen LogP contribution in [0.15, 0.2) is 97.2 Å². The summed E-state index contributed by atoms with van der Waals surface area (Å²) in [6.07, 6.45) is 112. The van der Waals surface area contributed by atoms with Crippen LogP contribution in [-0.4, -0.2) is 36.4 Å². The number of rotatable bonds is 72. The van der Waals surface area contributed by atoms with Crippen molar-refractivity contribution in [2.24, 2.45) is 0 Å². The van der Waals surface area contributed by atoms with Crippen LogP contribution in [-0.2, 0) is 19.1 Å². The van der Waals surface area contributed by atoms with Gasteiger partial charge in [0.1, 0.15) is 6.61 Å². The van der Waals surface area contributed by atoms with Gasteiger partial charge in [0, 0.05) is 12.8 Å². The minimum absolute atomic E-state index is 0.0644. The molecule has 0 aromatic heterocycles. The number of ether oxygens (including phenoxy) is 2. The van der Waals surface area contributed by atoms with E-state index in [1.807, 2.05) is 0 Å². The van der Waals surface area contributed by atoms with Crippen molar-refractivity contribution < 1.29 is 24.2 Å². The Morgan fingerprint density at radius 3 is 0.739 bits per heavy atom. The molecule has 0 aliphatic carbocycles. The third kappa shape index (κ3) is 75.3. The lowest BCUT2D eigenvalue weighted by molar-refractivity contribution is -0.161. The van der Waals surface area contributed by atoms with Crippen LogP contribution < -0.4 is 0 Å². The van der Waals surface area contributed by atoms with Crippen molar-refractivity contribution in [1.82, 2.24) is 0 Å². The molecule has 0 radical (unpaired) electrons. The summed E-state index contributed by atoms with van der Waals surface area (Å²) in [6, 6.07) is 0. The summed E-state index contributed by atoms with van der Waals surface area (Å²) >= 11 is 0. The molecule has 5 nitrogen and oxygen atoms in total. The fourth-order valence-corrected chi connectivity index (χ4v) is 11.6. The van der Waals surface area contributed by atoms with E-state index in [1.54, 1.807) is 0 Å². The maximum atomic E-state index is 12.4. The monoisotopic (exact) mass is 1230 g/mol. The molecule has 0 saturated heterocycles. The lowest BCUT2D eigenvalue weighted by Crippen LogP contribution is -2.28. The summed E-state index contributed by atoms with van der Waals surface area (Å²) in [7, 11) is 0. The second kappa shape index (κ2) is 78.1. The lowest BCUT2D eigenvalue weighted by Gasteiger charge is -2.15. The van der Waals surface area contributed by atoms with E-state index in [0.29, 0.717) is 12.8 Å². The number of hydrogen-bond donors (Lipinski definition) is 1. The van der Waals surface area contributed by atoms with Crippen LogP contribution in [0.4, 0.5) is 0 Å². The van der Waals surface area contributed by atoms with Gasteiger partial charge in [0.2, 0.25) is 0 Å². The largest absolute Gasteiger partial charge is 0.462 e. The third-order valence-corrected chi connectivity index (χ3v) is 17.4. The van der Waals surface area contributed by atoms with Crippen molar-refractivity contribution in [3.8, 4) is 0 Å². The molecule has 0 aromatic rings. The van der Waals surface area contributed by atoms with Crippen molar-refractivity contribution in [3.63, 3.8) is 0 Å². The van der Waals surface area contributed by atoms with Crippen molar-refractivity contribution in [3.05, 3.63) is 97.2 Å².